The summed E-state index contributed by atoms with van der Waals surface area (Å²) < 4.78 is 4.91. The van der Waals surface area contributed by atoms with Gasteiger partial charge in [-0.25, -0.2) is 0 Å². The van der Waals surface area contributed by atoms with Gasteiger partial charge in [0.25, 0.3) is 0 Å². The minimum atomic E-state index is -0.388. The van der Waals surface area contributed by atoms with E-state index in [1.54, 1.807) is 7.11 Å². The summed E-state index contributed by atoms with van der Waals surface area (Å²) in [6.45, 7) is 9.01. The summed E-state index contributed by atoms with van der Waals surface area (Å²) in [5, 5.41) is 13.0. The largest absolute Gasteiger partial charge is 0.389 e. The molecule has 0 radical (unpaired) electrons. The summed E-state index contributed by atoms with van der Waals surface area (Å²) in [5.41, 5.74) is 0. The Morgan fingerprint density at radius 1 is 1.56 bits per heavy atom. The van der Waals surface area contributed by atoms with Crippen LogP contribution in [-0.4, -0.2) is 62.0 Å². The average molecular weight is 230 g/mol. The molecule has 1 aliphatic heterocycles. The first-order valence-electron chi connectivity index (χ1n) is 6.30. The number of hydrogen-bond acceptors (Lipinski definition) is 4. The molecule has 0 bridgehead atoms. The van der Waals surface area contributed by atoms with Crippen LogP contribution in [0.15, 0.2) is 0 Å². The first-order chi connectivity index (χ1) is 7.67. The molecule has 1 rings (SSSR count). The summed E-state index contributed by atoms with van der Waals surface area (Å²) in [5.74, 6) is 0.656. The minimum absolute atomic E-state index is 0.388. The van der Waals surface area contributed by atoms with Gasteiger partial charge in [0.05, 0.1) is 12.7 Å². The number of rotatable bonds is 6. The summed E-state index contributed by atoms with van der Waals surface area (Å²) in [4.78, 5) is 2.48. The van der Waals surface area contributed by atoms with E-state index in [-0.39, 0.29) is 6.10 Å². The number of aliphatic hydroxyl groups excluding tert-OH is 1. The molecule has 0 saturated carbocycles. The van der Waals surface area contributed by atoms with Crippen molar-refractivity contribution < 1.29 is 9.84 Å². The second kappa shape index (κ2) is 7.22. The molecule has 1 heterocycles. The van der Waals surface area contributed by atoms with E-state index in [4.69, 9.17) is 4.74 Å². The van der Waals surface area contributed by atoms with Crippen LogP contribution in [0.1, 0.15) is 20.3 Å². The van der Waals surface area contributed by atoms with Crippen molar-refractivity contribution in [3.63, 3.8) is 0 Å². The van der Waals surface area contributed by atoms with Crippen LogP contribution in [0.2, 0.25) is 0 Å². The molecule has 3 atom stereocenters. The second-order valence-electron chi connectivity index (χ2n) is 4.78. The molecule has 96 valence electrons. The lowest BCUT2D eigenvalue weighted by Crippen LogP contribution is -2.50. The summed E-state index contributed by atoms with van der Waals surface area (Å²) in [6, 6.07) is 0.536. The smallest absolute Gasteiger partial charge is 0.0897 e. The van der Waals surface area contributed by atoms with E-state index in [1.807, 2.05) is 0 Å². The van der Waals surface area contributed by atoms with Crippen LogP contribution in [0.4, 0.5) is 0 Å². The van der Waals surface area contributed by atoms with E-state index in [2.05, 4.69) is 24.1 Å². The van der Waals surface area contributed by atoms with Gasteiger partial charge in [-0.05, 0) is 25.4 Å². The van der Waals surface area contributed by atoms with Crippen molar-refractivity contribution in [1.82, 2.24) is 10.2 Å². The number of piperidine rings is 1. The number of likely N-dealkylation sites (tertiary alicyclic amines) is 1. The topological polar surface area (TPSA) is 44.7 Å². The maximum absolute atomic E-state index is 9.57. The zero-order valence-corrected chi connectivity index (χ0v) is 10.8. The number of aliphatic hydroxyl groups is 1. The minimum Gasteiger partial charge on any atom is -0.389 e. The molecule has 4 heteroatoms. The monoisotopic (exact) mass is 230 g/mol. The van der Waals surface area contributed by atoms with Crippen molar-refractivity contribution in [1.29, 1.82) is 0 Å². The molecular weight excluding hydrogens is 204 g/mol. The van der Waals surface area contributed by atoms with Crippen LogP contribution in [0.5, 0.6) is 0 Å². The quantitative estimate of drug-likeness (QED) is 0.689. The van der Waals surface area contributed by atoms with Gasteiger partial charge < -0.3 is 20.1 Å². The standard InChI is InChI=1S/C12H26N2O2/c1-4-14-6-5-12(10(2)8-14)13-7-11(15)9-16-3/h10-13,15H,4-9H2,1-3H3. The van der Waals surface area contributed by atoms with E-state index in [1.165, 1.54) is 13.0 Å². The lowest BCUT2D eigenvalue weighted by Gasteiger charge is -2.37. The fraction of sp³-hybridized carbons (Fsp3) is 1.00. The third-order valence-electron chi connectivity index (χ3n) is 3.41. The SMILES string of the molecule is CCN1CCC(NCC(O)COC)C(C)C1. The molecule has 1 saturated heterocycles. The predicted molar refractivity (Wildman–Crippen MR) is 65.6 cm³/mol. The van der Waals surface area contributed by atoms with Gasteiger partial charge >= 0.3 is 0 Å². The zero-order valence-electron chi connectivity index (χ0n) is 10.8. The van der Waals surface area contributed by atoms with Gasteiger partial charge in [-0.3, -0.25) is 0 Å². The molecule has 0 spiro atoms. The molecule has 3 unspecified atom stereocenters. The molecule has 0 aromatic heterocycles. The number of nitrogens with zero attached hydrogens (tertiary/aromatic N) is 1. The van der Waals surface area contributed by atoms with E-state index in [0.29, 0.717) is 25.1 Å². The molecule has 2 N–H and O–H groups in total. The Bertz CT molecular complexity index is 190. The van der Waals surface area contributed by atoms with Gasteiger partial charge in [0.1, 0.15) is 0 Å². The van der Waals surface area contributed by atoms with Crippen LogP contribution in [0.25, 0.3) is 0 Å². The molecule has 16 heavy (non-hydrogen) atoms. The number of ether oxygens (including phenoxy) is 1. The first-order valence-corrected chi connectivity index (χ1v) is 6.30. The van der Waals surface area contributed by atoms with Gasteiger partial charge in [0, 0.05) is 26.2 Å². The molecule has 0 aromatic rings. The van der Waals surface area contributed by atoms with E-state index in [9.17, 15) is 5.11 Å². The van der Waals surface area contributed by atoms with Crippen molar-refractivity contribution in [2.45, 2.75) is 32.4 Å². The van der Waals surface area contributed by atoms with Crippen LogP contribution in [-0.2, 0) is 4.74 Å². The molecule has 0 aromatic carbocycles. The first kappa shape index (κ1) is 13.9. The fourth-order valence-corrected chi connectivity index (χ4v) is 2.36. The van der Waals surface area contributed by atoms with E-state index < -0.39 is 0 Å². The fourth-order valence-electron chi connectivity index (χ4n) is 2.36. The number of nitrogens with one attached hydrogen (secondary N) is 1. The van der Waals surface area contributed by atoms with Crippen LogP contribution in [0.3, 0.4) is 0 Å². The zero-order chi connectivity index (χ0) is 12.0. The van der Waals surface area contributed by atoms with Crippen molar-refractivity contribution in [2.24, 2.45) is 5.92 Å². The number of methoxy groups -OCH3 is 1. The molecule has 1 fully saturated rings. The second-order valence-corrected chi connectivity index (χ2v) is 4.78. The maximum atomic E-state index is 9.57. The third kappa shape index (κ3) is 4.37. The predicted octanol–water partition coefficient (Wildman–Crippen LogP) is 0.314. The summed E-state index contributed by atoms with van der Waals surface area (Å²) >= 11 is 0. The molecule has 4 nitrogen and oxygen atoms in total. The van der Waals surface area contributed by atoms with Crippen LogP contribution in [0, 0.1) is 5.92 Å². The van der Waals surface area contributed by atoms with Gasteiger partial charge in [-0.2, -0.15) is 0 Å². The average Bonchev–Trinajstić information content (AvgIpc) is 2.27. The lowest BCUT2D eigenvalue weighted by molar-refractivity contribution is 0.0570. The highest BCUT2D eigenvalue weighted by Crippen LogP contribution is 2.16. The maximum Gasteiger partial charge on any atom is 0.0897 e. The molecule has 0 aliphatic carbocycles. The van der Waals surface area contributed by atoms with Gasteiger partial charge in [-0.1, -0.05) is 13.8 Å². The lowest BCUT2D eigenvalue weighted by atomic mass is 9.94. The van der Waals surface area contributed by atoms with Gasteiger partial charge in [0.2, 0.25) is 0 Å². The summed E-state index contributed by atoms with van der Waals surface area (Å²) in [7, 11) is 1.62. The van der Waals surface area contributed by atoms with E-state index in [0.717, 1.165) is 13.1 Å². The Morgan fingerprint density at radius 3 is 2.88 bits per heavy atom. The highest BCUT2D eigenvalue weighted by Gasteiger charge is 2.25. The molecule has 1 aliphatic rings. The highest BCUT2D eigenvalue weighted by molar-refractivity contribution is 4.82. The van der Waals surface area contributed by atoms with Crippen LogP contribution < -0.4 is 5.32 Å². The molecule has 0 amide bonds. The van der Waals surface area contributed by atoms with Crippen molar-refractivity contribution >= 4 is 0 Å². The van der Waals surface area contributed by atoms with Crippen LogP contribution >= 0.6 is 0 Å². The molecular formula is C12H26N2O2. The third-order valence-corrected chi connectivity index (χ3v) is 3.41. The normalized spacial score (nSPS) is 29.2. The van der Waals surface area contributed by atoms with Gasteiger partial charge in [-0.15, -0.1) is 0 Å². The Morgan fingerprint density at radius 2 is 2.31 bits per heavy atom. The Labute approximate surface area is 99.0 Å². The van der Waals surface area contributed by atoms with E-state index >= 15 is 0 Å². The Balaban J connectivity index is 2.22. The Hall–Kier alpha value is -0.160. The number of hydrogen-bond donors (Lipinski definition) is 2. The van der Waals surface area contributed by atoms with Crippen molar-refractivity contribution in [2.75, 3.05) is 39.9 Å². The summed E-state index contributed by atoms with van der Waals surface area (Å²) in [6.07, 6.45) is 0.788. The van der Waals surface area contributed by atoms with Gasteiger partial charge in [0.15, 0.2) is 0 Å². The Kier molecular flexibility index (Phi) is 6.28. The highest BCUT2D eigenvalue weighted by atomic mass is 16.5. The van der Waals surface area contributed by atoms with Crippen molar-refractivity contribution in [3.05, 3.63) is 0 Å². The van der Waals surface area contributed by atoms with Crippen molar-refractivity contribution in [3.8, 4) is 0 Å².